The van der Waals surface area contributed by atoms with Crippen LogP contribution in [0.3, 0.4) is 0 Å². The molecule has 1 aliphatic heterocycles. The van der Waals surface area contributed by atoms with E-state index in [9.17, 15) is 4.79 Å². The molecule has 2 aromatic rings. The van der Waals surface area contributed by atoms with E-state index in [0.29, 0.717) is 12.1 Å². The van der Waals surface area contributed by atoms with Crippen LogP contribution in [0.5, 0.6) is 0 Å². The largest absolute Gasteiger partial charge is 0.338 e. The first-order chi connectivity index (χ1) is 12.9. The van der Waals surface area contributed by atoms with Crippen LogP contribution in [0.4, 0.5) is 5.69 Å². The van der Waals surface area contributed by atoms with Gasteiger partial charge in [0.2, 0.25) is 0 Å². The molecule has 5 nitrogen and oxygen atoms in total. The third-order valence-corrected chi connectivity index (χ3v) is 5.45. The Balaban J connectivity index is 1.66. The number of nitrogens with two attached hydrogens (primary N) is 2. The highest BCUT2D eigenvalue weighted by Crippen LogP contribution is 2.24. The average Bonchev–Trinajstić information content (AvgIpc) is 2.67. The summed E-state index contributed by atoms with van der Waals surface area (Å²) in [7, 11) is 1.76. The van der Waals surface area contributed by atoms with Crippen LogP contribution in [0.25, 0.3) is 0 Å². The normalized spacial score (nSPS) is 18.2. The van der Waals surface area contributed by atoms with Crippen molar-refractivity contribution in [3.63, 3.8) is 0 Å². The second kappa shape index (κ2) is 8.74. The zero-order valence-electron chi connectivity index (χ0n) is 15.6. The van der Waals surface area contributed by atoms with Crippen molar-refractivity contribution >= 4 is 23.2 Å². The van der Waals surface area contributed by atoms with Crippen molar-refractivity contribution < 1.29 is 4.79 Å². The van der Waals surface area contributed by atoms with E-state index in [2.05, 4.69) is 0 Å². The third kappa shape index (κ3) is 5.01. The highest BCUT2D eigenvalue weighted by Gasteiger charge is 2.28. The Labute approximate surface area is 165 Å². The molecule has 4 N–H and O–H groups in total. The molecule has 0 bridgehead atoms. The SMILES string of the molecule is CN(N)c1cccc(C(=O)N2CCCC(C(N)Cc3cccc(Cl)c3)C2)c1. The maximum atomic E-state index is 13.0. The number of piperidine rings is 1. The fourth-order valence-corrected chi connectivity index (χ4v) is 3.90. The Morgan fingerprint density at radius 3 is 2.81 bits per heavy atom. The van der Waals surface area contributed by atoms with Crippen molar-refractivity contribution in [1.82, 2.24) is 4.90 Å². The Morgan fingerprint density at radius 1 is 1.30 bits per heavy atom. The number of carbonyl (C=O) groups is 1. The molecule has 2 unspecified atom stereocenters. The number of carbonyl (C=O) groups excluding carboxylic acids is 1. The summed E-state index contributed by atoms with van der Waals surface area (Å²) in [5.74, 6) is 6.11. The van der Waals surface area contributed by atoms with Gasteiger partial charge in [0.05, 0.1) is 5.69 Å². The molecule has 0 aromatic heterocycles. The van der Waals surface area contributed by atoms with E-state index in [1.54, 1.807) is 7.05 Å². The standard InChI is InChI=1S/C21H27ClN4O/c1-25(24)19-9-3-6-16(13-19)21(27)26-10-4-7-17(14-26)20(23)12-15-5-2-8-18(22)11-15/h2-3,5-6,8-9,11,13,17,20H,4,7,10,12,14,23-24H2,1H3. The van der Waals surface area contributed by atoms with Gasteiger partial charge in [0.15, 0.2) is 0 Å². The molecule has 2 atom stereocenters. The fourth-order valence-electron chi connectivity index (χ4n) is 3.69. The van der Waals surface area contributed by atoms with Gasteiger partial charge in [-0.3, -0.25) is 4.79 Å². The quantitative estimate of drug-likeness (QED) is 0.611. The summed E-state index contributed by atoms with van der Waals surface area (Å²) in [6.07, 6.45) is 2.77. The van der Waals surface area contributed by atoms with Gasteiger partial charge in [-0.2, -0.15) is 0 Å². The summed E-state index contributed by atoms with van der Waals surface area (Å²) in [4.78, 5) is 14.9. The Bertz CT molecular complexity index is 795. The first kappa shape index (κ1) is 19.7. The average molecular weight is 387 g/mol. The monoisotopic (exact) mass is 386 g/mol. The second-order valence-electron chi connectivity index (χ2n) is 7.31. The molecule has 1 saturated heterocycles. The number of anilines is 1. The number of halogens is 1. The van der Waals surface area contributed by atoms with Gasteiger partial charge >= 0.3 is 0 Å². The van der Waals surface area contributed by atoms with Gasteiger partial charge in [0.1, 0.15) is 0 Å². The minimum Gasteiger partial charge on any atom is -0.338 e. The lowest BCUT2D eigenvalue weighted by Crippen LogP contribution is -2.46. The summed E-state index contributed by atoms with van der Waals surface area (Å²) in [6, 6.07) is 15.2. The van der Waals surface area contributed by atoms with Crippen molar-refractivity contribution in [2.45, 2.75) is 25.3 Å². The molecule has 144 valence electrons. The summed E-state index contributed by atoms with van der Waals surface area (Å²) >= 11 is 6.08. The van der Waals surface area contributed by atoms with Gasteiger partial charge in [-0.1, -0.05) is 29.8 Å². The van der Waals surface area contributed by atoms with Crippen LogP contribution >= 0.6 is 11.6 Å². The number of nitrogens with zero attached hydrogens (tertiary/aromatic N) is 2. The Hall–Kier alpha value is -2.08. The predicted octanol–water partition coefficient (Wildman–Crippen LogP) is 3.07. The summed E-state index contributed by atoms with van der Waals surface area (Å²) in [5.41, 5.74) is 9.10. The molecular weight excluding hydrogens is 360 g/mol. The number of hydrogen-bond acceptors (Lipinski definition) is 4. The first-order valence-corrected chi connectivity index (χ1v) is 9.69. The minimum atomic E-state index is 0.000533. The van der Waals surface area contributed by atoms with E-state index < -0.39 is 0 Å². The van der Waals surface area contributed by atoms with E-state index >= 15 is 0 Å². The lowest BCUT2D eigenvalue weighted by Gasteiger charge is -2.36. The zero-order valence-corrected chi connectivity index (χ0v) is 16.4. The van der Waals surface area contributed by atoms with E-state index in [0.717, 1.165) is 42.1 Å². The number of hydrogen-bond donors (Lipinski definition) is 2. The number of hydrazine groups is 1. The van der Waals surface area contributed by atoms with Crippen molar-refractivity contribution in [3.05, 3.63) is 64.7 Å². The van der Waals surface area contributed by atoms with Gasteiger partial charge in [-0.15, -0.1) is 0 Å². The predicted molar refractivity (Wildman–Crippen MR) is 111 cm³/mol. The summed E-state index contributed by atoms with van der Waals surface area (Å²) in [5, 5.41) is 2.24. The lowest BCUT2D eigenvalue weighted by molar-refractivity contribution is 0.0657. The minimum absolute atomic E-state index is 0.000533. The molecule has 0 aliphatic carbocycles. The van der Waals surface area contributed by atoms with Crippen molar-refractivity contribution in [2.75, 3.05) is 25.1 Å². The van der Waals surface area contributed by atoms with E-state index in [-0.39, 0.29) is 17.9 Å². The maximum absolute atomic E-state index is 13.0. The highest BCUT2D eigenvalue weighted by atomic mass is 35.5. The molecule has 1 aliphatic rings. The van der Waals surface area contributed by atoms with Crippen LogP contribution < -0.4 is 16.6 Å². The number of amides is 1. The molecule has 2 aromatic carbocycles. The second-order valence-corrected chi connectivity index (χ2v) is 7.75. The van der Waals surface area contributed by atoms with E-state index in [4.69, 9.17) is 23.2 Å². The van der Waals surface area contributed by atoms with Gasteiger partial charge < -0.3 is 15.6 Å². The smallest absolute Gasteiger partial charge is 0.253 e. The molecule has 0 spiro atoms. The van der Waals surface area contributed by atoms with Crippen LogP contribution in [0.1, 0.15) is 28.8 Å². The molecular formula is C21H27ClN4O. The molecule has 1 fully saturated rings. The molecule has 3 rings (SSSR count). The van der Waals surface area contributed by atoms with Crippen LogP contribution in [-0.4, -0.2) is 37.0 Å². The molecule has 27 heavy (non-hydrogen) atoms. The van der Waals surface area contributed by atoms with Crippen LogP contribution in [-0.2, 0) is 6.42 Å². The molecule has 0 saturated carbocycles. The first-order valence-electron chi connectivity index (χ1n) is 9.32. The van der Waals surface area contributed by atoms with Gasteiger partial charge in [-0.05, 0) is 61.1 Å². The number of likely N-dealkylation sites (tertiary alicyclic amines) is 1. The van der Waals surface area contributed by atoms with Gasteiger partial charge in [0.25, 0.3) is 5.91 Å². The van der Waals surface area contributed by atoms with Gasteiger partial charge in [-0.25, -0.2) is 5.84 Å². The topological polar surface area (TPSA) is 75.6 Å². The number of rotatable bonds is 5. The number of benzene rings is 2. The van der Waals surface area contributed by atoms with Crippen molar-refractivity contribution in [2.24, 2.45) is 17.5 Å². The molecule has 6 heteroatoms. The molecule has 0 radical (unpaired) electrons. The Kier molecular flexibility index (Phi) is 6.37. The fraction of sp³-hybridized carbons (Fsp3) is 0.381. The molecule has 1 amide bonds. The molecule has 1 heterocycles. The highest BCUT2D eigenvalue weighted by molar-refractivity contribution is 6.30. The maximum Gasteiger partial charge on any atom is 0.253 e. The van der Waals surface area contributed by atoms with E-state index in [1.165, 1.54) is 5.01 Å². The lowest BCUT2D eigenvalue weighted by atomic mass is 9.87. The third-order valence-electron chi connectivity index (χ3n) is 5.21. The van der Waals surface area contributed by atoms with Crippen LogP contribution in [0.15, 0.2) is 48.5 Å². The van der Waals surface area contributed by atoms with Crippen LogP contribution in [0, 0.1) is 5.92 Å². The van der Waals surface area contributed by atoms with Crippen molar-refractivity contribution in [3.8, 4) is 0 Å². The van der Waals surface area contributed by atoms with E-state index in [1.807, 2.05) is 53.4 Å². The van der Waals surface area contributed by atoms with Gasteiger partial charge in [0, 0.05) is 36.8 Å². The summed E-state index contributed by atoms with van der Waals surface area (Å²) < 4.78 is 0. The zero-order chi connectivity index (χ0) is 19.4. The Morgan fingerprint density at radius 2 is 2.07 bits per heavy atom. The van der Waals surface area contributed by atoms with Crippen molar-refractivity contribution in [1.29, 1.82) is 0 Å². The van der Waals surface area contributed by atoms with Crippen LogP contribution in [0.2, 0.25) is 5.02 Å². The summed E-state index contributed by atoms with van der Waals surface area (Å²) in [6.45, 7) is 1.45.